The van der Waals surface area contributed by atoms with E-state index in [-0.39, 0.29) is 30.0 Å². The van der Waals surface area contributed by atoms with Crippen molar-refractivity contribution in [3.63, 3.8) is 0 Å². The third-order valence-electron chi connectivity index (χ3n) is 4.16. The topological polar surface area (TPSA) is 105 Å². The molecular weight excluding hydrogens is 497 g/mol. The molecule has 0 fully saturated rings. The van der Waals surface area contributed by atoms with Gasteiger partial charge in [-0.2, -0.15) is 0 Å². The number of unbranched alkanes of at least 4 members (excludes halogenated alkanes) is 1. The molecule has 0 aliphatic rings. The first-order valence-electron chi connectivity index (χ1n) is 10.0. The lowest BCUT2D eigenvalue weighted by Gasteiger charge is -2.24. The summed E-state index contributed by atoms with van der Waals surface area (Å²) in [5.74, 6) is 1.44. The van der Waals surface area contributed by atoms with Crippen LogP contribution in [0.25, 0.3) is 5.65 Å². The number of guanidine groups is 1. The van der Waals surface area contributed by atoms with E-state index in [0.717, 1.165) is 30.7 Å². The normalized spacial score (nSPS) is 12.8. The highest BCUT2D eigenvalue weighted by Crippen LogP contribution is 2.07. The molecule has 2 rings (SSSR count). The molecule has 0 saturated carbocycles. The minimum absolute atomic E-state index is 0. The van der Waals surface area contributed by atoms with Crippen LogP contribution in [0.3, 0.4) is 0 Å². The van der Waals surface area contributed by atoms with Crippen molar-refractivity contribution in [2.24, 2.45) is 4.99 Å². The maximum atomic E-state index is 12.0. The molecule has 0 aliphatic carbocycles. The lowest BCUT2D eigenvalue weighted by Crippen LogP contribution is -2.48. The Balaban J connectivity index is 0.00000450. The highest BCUT2D eigenvalue weighted by Gasteiger charge is 2.18. The van der Waals surface area contributed by atoms with Gasteiger partial charge >= 0.3 is 6.09 Å². The number of hydrogen-bond acceptors (Lipinski definition) is 5. The van der Waals surface area contributed by atoms with E-state index in [0.29, 0.717) is 19.0 Å². The van der Waals surface area contributed by atoms with Crippen LogP contribution < -0.4 is 16.0 Å². The summed E-state index contributed by atoms with van der Waals surface area (Å²) in [5.41, 5.74) is 0.282. The van der Waals surface area contributed by atoms with E-state index in [2.05, 4.69) is 38.1 Å². The number of nitrogens with zero attached hydrogens (tertiary/aromatic N) is 4. The van der Waals surface area contributed by atoms with Gasteiger partial charge in [0.1, 0.15) is 5.60 Å². The number of rotatable bonds is 8. The highest BCUT2D eigenvalue weighted by atomic mass is 127. The van der Waals surface area contributed by atoms with Crippen molar-refractivity contribution in [3.8, 4) is 0 Å². The zero-order chi connectivity index (χ0) is 21.3. The number of ether oxygens (including phenoxy) is 1. The highest BCUT2D eigenvalue weighted by molar-refractivity contribution is 14.0. The monoisotopic (exact) mass is 531 g/mol. The summed E-state index contributed by atoms with van der Waals surface area (Å²) in [6.45, 7) is 8.61. The molecule has 10 heteroatoms. The van der Waals surface area contributed by atoms with Crippen LogP contribution in [0.5, 0.6) is 0 Å². The lowest BCUT2D eigenvalue weighted by atomic mass is 10.1. The second-order valence-electron chi connectivity index (χ2n) is 7.84. The predicted octanol–water partition coefficient (Wildman–Crippen LogP) is 3.10. The van der Waals surface area contributed by atoms with Crippen molar-refractivity contribution in [1.29, 1.82) is 0 Å². The molecule has 1 unspecified atom stereocenters. The van der Waals surface area contributed by atoms with Gasteiger partial charge in [0.15, 0.2) is 17.4 Å². The van der Waals surface area contributed by atoms with E-state index >= 15 is 0 Å². The van der Waals surface area contributed by atoms with Crippen molar-refractivity contribution in [2.45, 2.75) is 65.1 Å². The Morgan fingerprint density at radius 2 is 2.03 bits per heavy atom. The fourth-order valence-electron chi connectivity index (χ4n) is 2.76. The summed E-state index contributed by atoms with van der Waals surface area (Å²) in [5, 5.41) is 17.9. The number of halogens is 1. The standard InChI is InChI=1S/C20H33N7O2.HI/c1-6-7-10-15(13-23-19(28)29-20(2,3)4)24-18(21-5)22-14-17-26-25-16-11-8-9-12-27(16)17;/h8-9,11-12,15H,6-7,10,13-14H2,1-5H3,(H,23,28)(H2,21,22,24);1H. The van der Waals surface area contributed by atoms with Crippen molar-refractivity contribution >= 4 is 41.7 Å². The molecule has 9 nitrogen and oxygen atoms in total. The first-order valence-corrected chi connectivity index (χ1v) is 10.0. The Hall–Kier alpha value is -2.11. The number of amides is 1. The van der Waals surface area contributed by atoms with Gasteiger partial charge in [0.2, 0.25) is 0 Å². The number of aliphatic imine (C=N–C) groups is 1. The Morgan fingerprint density at radius 1 is 1.27 bits per heavy atom. The van der Waals surface area contributed by atoms with Crippen LogP contribution in [-0.2, 0) is 11.3 Å². The fourth-order valence-corrected chi connectivity index (χ4v) is 2.76. The molecule has 0 bridgehead atoms. The van der Waals surface area contributed by atoms with Crippen molar-refractivity contribution in [1.82, 2.24) is 30.5 Å². The van der Waals surface area contributed by atoms with Gasteiger partial charge in [-0.1, -0.05) is 25.8 Å². The molecular formula is C20H34IN7O2. The average Bonchev–Trinajstić information content (AvgIpc) is 3.08. The second kappa shape index (κ2) is 12.6. The van der Waals surface area contributed by atoms with Gasteiger partial charge in [-0.3, -0.25) is 9.39 Å². The van der Waals surface area contributed by atoms with E-state index in [9.17, 15) is 4.79 Å². The van der Waals surface area contributed by atoms with Gasteiger partial charge in [0.05, 0.1) is 6.54 Å². The van der Waals surface area contributed by atoms with Crippen LogP contribution in [0.4, 0.5) is 4.79 Å². The number of fused-ring (bicyclic) bond motifs is 1. The third kappa shape index (κ3) is 8.72. The number of pyridine rings is 1. The SMILES string of the molecule is CCCCC(CNC(=O)OC(C)(C)C)NC(=NC)NCc1nnc2ccccn12.I. The van der Waals surface area contributed by atoms with E-state index in [1.54, 1.807) is 7.05 Å². The summed E-state index contributed by atoms with van der Waals surface area (Å²) in [7, 11) is 1.72. The molecule has 30 heavy (non-hydrogen) atoms. The van der Waals surface area contributed by atoms with Gasteiger partial charge in [-0.05, 0) is 39.3 Å². The van der Waals surface area contributed by atoms with Crippen molar-refractivity contribution in [3.05, 3.63) is 30.2 Å². The fraction of sp³-hybridized carbons (Fsp3) is 0.600. The van der Waals surface area contributed by atoms with E-state index < -0.39 is 11.7 Å². The average molecular weight is 531 g/mol. The number of alkyl carbamates (subject to hydrolysis) is 1. The molecule has 0 aromatic carbocycles. The molecule has 0 radical (unpaired) electrons. The number of aromatic nitrogens is 3. The van der Waals surface area contributed by atoms with Crippen molar-refractivity contribution < 1.29 is 9.53 Å². The molecule has 0 saturated heterocycles. The zero-order valence-corrected chi connectivity index (χ0v) is 20.8. The smallest absolute Gasteiger partial charge is 0.407 e. The number of carbonyl (C=O) groups is 1. The van der Waals surface area contributed by atoms with Crippen LogP contribution in [-0.4, -0.2) is 51.9 Å². The molecule has 1 amide bonds. The minimum atomic E-state index is -0.519. The first kappa shape index (κ1) is 25.9. The van der Waals surface area contributed by atoms with Crippen LogP contribution in [0, 0.1) is 0 Å². The summed E-state index contributed by atoms with van der Waals surface area (Å²) in [6.07, 6.45) is 4.53. The number of carbonyl (C=O) groups excluding carboxylic acids is 1. The second-order valence-corrected chi connectivity index (χ2v) is 7.84. The van der Waals surface area contributed by atoms with Crippen LogP contribution in [0.2, 0.25) is 0 Å². The first-order chi connectivity index (χ1) is 13.8. The maximum Gasteiger partial charge on any atom is 0.407 e. The molecule has 2 aromatic rings. The zero-order valence-electron chi connectivity index (χ0n) is 18.4. The van der Waals surface area contributed by atoms with Gasteiger partial charge in [-0.25, -0.2) is 4.79 Å². The van der Waals surface area contributed by atoms with Crippen LogP contribution >= 0.6 is 24.0 Å². The Morgan fingerprint density at radius 3 is 2.70 bits per heavy atom. The molecule has 0 spiro atoms. The molecule has 0 aliphatic heterocycles. The predicted molar refractivity (Wildman–Crippen MR) is 129 cm³/mol. The number of hydrogen-bond donors (Lipinski definition) is 3. The quantitative estimate of drug-likeness (QED) is 0.275. The van der Waals surface area contributed by atoms with Gasteiger partial charge in [0, 0.05) is 25.8 Å². The summed E-state index contributed by atoms with van der Waals surface area (Å²) in [4.78, 5) is 16.3. The lowest BCUT2D eigenvalue weighted by molar-refractivity contribution is 0.0523. The molecule has 1 atom stereocenters. The van der Waals surface area contributed by atoms with Gasteiger partial charge < -0.3 is 20.7 Å². The van der Waals surface area contributed by atoms with E-state index in [1.807, 2.05) is 49.6 Å². The molecule has 168 valence electrons. The summed E-state index contributed by atoms with van der Waals surface area (Å²) < 4.78 is 7.25. The molecule has 2 aromatic heterocycles. The molecule has 2 heterocycles. The Kier molecular flexibility index (Phi) is 10.8. The summed E-state index contributed by atoms with van der Waals surface area (Å²) in [6, 6.07) is 5.81. The van der Waals surface area contributed by atoms with Crippen LogP contribution in [0.15, 0.2) is 29.4 Å². The maximum absolute atomic E-state index is 12.0. The van der Waals surface area contributed by atoms with E-state index in [4.69, 9.17) is 4.74 Å². The Bertz CT molecular complexity index is 817. The van der Waals surface area contributed by atoms with E-state index in [1.165, 1.54) is 0 Å². The third-order valence-corrected chi connectivity index (χ3v) is 4.16. The molecule has 3 N–H and O–H groups in total. The van der Waals surface area contributed by atoms with Crippen LogP contribution in [0.1, 0.15) is 52.8 Å². The van der Waals surface area contributed by atoms with Crippen molar-refractivity contribution in [2.75, 3.05) is 13.6 Å². The van der Waals surface area contributed by atoms with Gasteiger partial charge in [-0.15, -0.1) is 34.2 Å². The minimum Gasteiger partial charge on any atom is -0.444 e. The largest absolute Gasteiger partial charge is 0.444 e. The summed E-state index contributed by atoms with van der Waals surface area (Å²) >= 11 is 0. The number of nitrogens with one attached hydrogen (secondary N) is 3. The van der Waals surface area contributed by atoms with Gasteiger partial charge in [0.25, 0.3) is 0 Å². The Labute approximate surface area is 195 Å².